The smallest absolute Gasteiger partial charge is 0.163 e. The molecule has 0 saturated carbocycles. The first kappa shape index (κ1) is 11.4. The Morgan fingerprint density at radius 3 is 2.13 bits per heavy atom. The first-order valence-corrected chi connectivity index (χ1v) is 5.38. The van der Waals surface area contributed by atoms with E-state index in [1.807, 2.05) is 12.1 Å². The van der Waals surface area contributed by atoms with E-state index < -0.39 is 0 Å². The number of ketones is 1. The summed E-state index contributed by atoms with van der Waals surface area (Å²) in [6.07, 6.45) is 0.361. The second-order valence-corrected chi connectivity index (χ2v) is 3.68. The SMILES string of the molecule is N#Cc1cc(C#N)cc(C(=O)CCBr)c1. The number of rotatable bonds is 3. The molecule has 1 aromatic rings. The van der Waals surface area contributed by atoms with E-state index >= 15 is 0 Å². The lowest BCUT2D eigenvalue weighted by Crippen LogP contribution is -2.00. The van der Waals surface area contributed by atoms with Crippen LogP contribution in [0.1, 0.15) is 27.9 Å². The molecule has 0 aliphatic carbocycles. The van der Waals surface area contributed by atoms with Crippen molar-refractivity contribution in [2.75, 3.05) is 5.33 Å². The predicted molar refractivity (Wildman–Crippen MR) is 58.6 cm³/mol. The molecule has 0 bridgehead atoms. The minimum absolute atomic E-state index is 0.0690. The minimum Gasteiger partial charge on any atom is -0.294 e. The van der Waals surface area contributed by atoms with Crippen molar-refractivity contribution >= 4 is 21.7 Å². The normalized spacial score (nSPS) is 9.00. The van der Waals surface area contributed by atoms with Gasteiger partial charge in [0, 0.05) is 17.3 Å². The van der Waals surface area contributed by atoms with Gasteiger partial charge in [0.2, 0.25) is 0 Å². The second kappa shape index (κ2) is 5.29. The van der Waals surface area contributed by atoms with E-state index in [-0.39, 0.29) is 5.78 Å². The number of nitriles is 2. The van der Waals surface area contributed by atoms with E-state index in [0.29, 0.717) is 28.4 Å². The summed E-state index contributed by atoms with van der Waals surface area (Å²) in [5.41, 5.74) is 1.10. The minimum atomic E-state index is -0.0690. The Morgan fingerprint density at radius 1 is 1.20 bits per heavy atom. The summed E-state index contributed by atoms with van der Waals surface area (Å²) < 4.78 is 0. The summed E-state index contributed by atoms with van der Waals surface area (Å²) in [5.74, 6) is -0.0690. The third-order valence-electron chi connectivity index (χ3n) is 1.83. The van der Waals surface area contributed by atoms with Gasteiger partial charge in [-0.2, -0.15) is 10.5 Å². The molecule has 1 aromatic carbocycles. The summed E-state index contributed by atoms with van der Waals surface area (Å²) in [7, 11) is 0. The van der Waals surface area contributed by atoms with Gasteiger partial charge in [-0.25, -0.2) is 0 Å². The van der Waals surface area contributed by atoms with Gasteiger partial charge in [-0.05, 0) is 18.2 Å². The molecule has 0 amide bonds. The lowest BCUT2D eigenvalue weighted by Gasteiger charge is -2.00. The maximum absolute atomic E-state index is 11.5. The summed E-state index contributed by atoms with van der Waals surface area (Å²) in [5, 5.41) is 18.0. The molecule has 0 saturated heterocycles. The number of hydrogen-bond acceptors (Lipinski definition) is 3. The molecule has 74 valence electrons. The molecule has 0 spiro atoms. The van der Waals surface area contributed by atoms with Crippen LogP contribution in [-0.4, -0.2) is 11.1 Å². The Kier molecular flexibility index (Phi) is 4.03. The molecule has 4 heteroatoms. The van der Waals surface area contributed by atoms with Crippen LogP contribution < -0.4 is 0 Å². The van der Waals surface area contributed by atoms with Crippen molar-refractivity contribution in [1.29, 1.82) is 10.5 Å². The fourth-order valence-corrected chi connectivity index (χ4v) is 1.51. The standard InChI is InChI=1S/C11H7BrN2O/c12-2-1-11(15)10-4-8(6-13)3-9(5-10)7-14/h3-5H,1-2H2. The first-order valence-electron chi connectivity index (χ1n) is 4.25. The zero-order valence-corrected chi connectivity index (χ0v) is 9.41. The van der Waals surface area contributed by atoms with E-state index in [1.54, 1.807) is 0 Å². The highest BCUT2D eigenvalue weighted by molar-refractivity contribution is 9.09. The van der Waals surface area contributed by atoms with Crippen molar-refractivity contribution in [2.24, 2.45) is 0 Å². The van der Waals surface area contributed by atoms with Crippen molar-refractivity contribution in [3.8, 4) is 12.1 Å². The zero-order valence-electron chi connectivity index (χ0n) is 7.83. The van der Waals surface area contributed by atoms with Crippen molar-refractivity contribution in [2.45, 2.75) is 6.42 Å². The van der Waals surface area contributed by atoms with Crippen LogP contribution in [-0.2, 0) is 0 Å². The van der Waals surface area contributed by atoms with Gasteiger partial charge in [0.15, 0.2) is 5.78 Å². The molecule has 0 aromatic heterocycles. The number of benzene rings is 1. The molecule has 0 N–H and O–H groups in total. The lowest BCUT2D eigenvalue weighted by atomic mass is 10.0. The average Bonchev–Trinajstić information content (AvgIpc) is 2.28. The monoisotopic (exact) mass is 262 g/mol. The van der Waals surface area contributed by atoms with E-state index in [4.69, 9.17) is 10.5 Å². The molecule has 1 rings (SSSR count). The quantitative estimate of drug-likeness (QED) is 0.621. The largest absolute Gasteiger partial charge is 0.294 e. The third kappa shape index (κ3) is 2.90. The number of nitrogens with zero attached hydrogens (tertiary/aromatic N) is 2. The Labute approximate surface area is 96.1 Å². The van der Waals surface area contributed by atoms with Crippen LogP contribution in [0.15, 0.2) is 18.2 Å². The highest BCUT2D eigenvalue weighted by Gasteiger charge is 2.07. The molecule has 0 aliphatic rings. The summed E-state index contributed by atoms with van der Waals surface area (Å²) in [6, 6.07) is 8.32. The van der Waals surface area contributed by atoms with Crippen molar-refractivity contribution in [3.05, 3.63) is 34.9 Å². The molecule has 15 heavy (non-hydrogen) atoms. The Morgan fingerprint density at radius 2 is 1.73 bits per heavy atom. The molecule has 0 aliphatic heterocycles. The number of hydrogen-bond donors (Lipinski definition) is 0. The maximum Gasteiger partial charge on any atom is 0.163 e. The molecular weight excluding hydrogens is 256 g/mol. The summed E-state index contributed by atoms with van der Waals surface area (Å²) in [6.45, 7) is 0. The van der Waals surface area contributed by atoms with Gasteiger partial charge < -0.3 is 0 Å². The van der Waals surface area contributed by atoms with Gasteiger partial charge in [0.05, 0.1) is 23.3 Å². The van der Waals surface area contributed by atoms with Crippen molar-refractivity contribution in [3.63, 3.8) is 0 Å². The fourth-order valence-electron chi connectivity index (χ4n) is 1.15. The van der Waals surface area contributed by atoms with Crippen LogP contribution in [0.25, 0.3) is 0 Å². The van der Waals surface area contributed by atoms with Crippen LogP contribution in [0, 0.1) is 22.7 Å². The number of carbonyl (C=O) groups is 1. The van der Waals surface area contributed by atoms with Crippen molar-refractivity contribution in [1.82, 2.24) is 0 Å². The number of carbonyl (C=O) groups excluding carboxylic acids is 1. The van der Waals surface area contributed by atoms with Gasteiger partial charge in [-0.3, -0.25) is 4.79 Å². The van der Waals surface area contributed by atoms with Crippen LogP contribution in [0.3, 0.4) is 0 Å². The highest BCUT2D eigenvalue weighted by atomic mass is 79.9. The fraction of sp³-hybridized carbons (Fsp3) is 0.182. The van der Waals surface area contributed by atoms with Gasteiger partial charge in [-0.1, -0.05) is 15.9 Å². The van der Waals surface area contributed by atoms with E-state index in [2.05, 4.69) is 15.9 Å². The van der Waals surface area contributed by atoms with Crippen molar-refractivity contribution < 1.29 is 4.79 Å². The van der Waals surface area contributed by atoms with Gasteiger partial charge in [0.1, 0.15) is 0 Å². The third-order valence-corrected chi connectivity index (χ3v) is 2.23. The number of halogens is 1. The first-order chi connectivity index (χ1) is 7.21. The molecule has 3 nitrogen and oxygen atoms in total. The summed E-state index contributed by atoms with van der Waals surface area (Å²) >= 11 is 3.17. The van der Waals surface area contributed by atoms with Gasteiger partial charge in [-0.15, -0.1) is 0 Å². The Hall–Kier alpha value is -1.65. The number of Topliss-reactive ketones (excluding diaryl/α,β-unsaturated/α-hetero) is 1. The van der Waals surface area contributed by atoms with Crippen LogP contribution >= 0.6 is 15.9 Å². The summed E-state index contributed by atoms with van der Waals surface area (Å²) in [4.78, 5) is 11.5. The topological polar surface area (TPSA) is 64.7 Å². The van der Waals surface area contributed by atoms with E-state index in [0.717, 1.165) is 0 Å². The molecule has 0 radical (unpaired) electrons. The zero-order chi connectivity index (χ0) is 11.3. The van der Waals surface area contributed by atoms with Gasteiger partial charge in [0.25, 0.3) is 0 Å². The van der Waals surface area contributed by atoms with Crippen LogP contribution in [0.4, 0.5) is 0 Å². The maximum atomic E-state index is 11.5. The molecule has 0 unspecified atom stereocenters. The van der Waals surface area contributed by atoms with Gasteiger partial charge >= 0.3 is 0 Å². The van der Waals surface area contributed by atoms with E-state index in [1.165, 1.54) is 18.2 Å². The van der Waals surface area contributed by atoms with Crippen LogP contribution in [0.5, 0.6) is 0 Å². The number of alkyl halides is 1. The Bertz CT molecular complexity index is 436. The Balaban J connectivity index is 3.15. The van der Waals surface area contributed by atoms with E-state index in [9.17, 15) is 4.79 Å². The lowest BCUT2D eigenvalue weighted by molar-refractivity contribution is 0.0990. The molecular formula is C11H7BrN2O. The average molecular weight is 263 g/mol. The molecule has 0 heterocycles. The second-order valence-electron chi connectivity index (χ2n) is 2.88. The highest BCUT2D eigenvalue weighted by Crippen LogP contribution is 2.11. The van der Waals surface area contributed by atoms with Crippen LogP contribution in [0.2, 0.25) is 0 Å². The molecule has 0 atom stereocenters. The molecule has 0 fully saturated rings. The predicted octanol–water partition coefficient (Wildman–Crippen LogP) is 2.40.